The Labute approximate surface area is 185 Å². The van der Waals surface area contributed by atoms with Gasteiger partial charge in [-0.25, -0.2) is 13.2 Å². The van der Waals surface area contributed by atoms with Crippen molar-refractivity contribution in [3.63, 3.8) is 0 Å². The average molecular weight is 455 g/mol. The lowest BCUT2D eigenvalue weighted by Crippen LogP contribution is -2.35. The van der Waals surface area contributed by atoms with Crippen LogP contribution in [-0.2, 0) is 32.5 Å². The van der Waals surface area contributed by atoms with E-state index in [4.69, 9.17) is 9.15 Å². The zero-order valence-corrected chi connectivity index (χ0v) is 18.0. The van der Waals surface area contributed by atoms with E-state index < -0.39 is 28.5 Å². The molecule has 0 radical (unpaired) electrons. The Morgan fingerprint density at radius 1 is 1.03 bits per heavy atom. The number of hydrogen-bond donors (Lipinski definition) is 1. The summed E-state index contributed by atoms with van der Waals surface area (Å²) in [5.74, 6) is -0.610. The Bertz CT molecular complexity index is 1200. The van der Waals surface area contributed by atoms with Gasteiger partial charge in [-0.15, -0.1) is 0 Å². The summed E-state index contributed by atoms with van der Waals surface area (Å²) in [6.45, 7) is 0.135. The molecule has 1 N–H and O–H groups in total. The molecule has 4 rings (SSSR count). The largest absolute Gasteiger partial charge is 0.467 e. The van der Waals surface area contributed by atoms with Crippen LogP contribution in [0, 0.1) is 0 Å². The number of aryl methyl sites for hydroxylation is 1. The van der Waals surface area contributed by atoms with Crippen LogP contribution in [0.1, 0.15) is 28.1 Å². The average Bonchev–Trinajstić information content (AvgIpc) is 3.34. The highest BCUT2D eigenvalue weighted by atomic mass is 32.2. The van der Waals surface area contributed by atoms with Crippen molar-refractivity contribution >= 4 is 27.6 Å². The summed E-state index contributed by atoms with van der Waals surface area (Å²) in [5, 5.41) is 2.57. The summed E-state index contributed by atoms with van der Waals surface area (Å²) in [5.41, 5.74) is 1.83. The van der Waals surface area contributed by atoms with E-state index in [1.807, 2.05) is 18.2 Å². The fraction of sp³-hybridized carbons (Fsp3) is 0.217. The number of amides is 1. The van der Waals surface area contributed by atoms with Crippen LogP contribution in [0.15, 0.2) is 76.2 Å². The Morgan fingerprint density at radius 2 is 1.81 bits per heavy atom. The normalized spacial score (nSPS) is 13.3. The number of carbonyl (C=O) groups is 2. The zero-order valence-electron chi connectivity index (χ0n) is 17.2. The van der Waals surface area contributed by atoms with Crippen LogP contribution < -0.4 is 9.62 Å². The van der Waals surface area contributed by atoms with Crippen molar-refractivity contribution < 1.29 is 27.2 Å². The lowest BCUT2D eigenvalue weighted by Gasteiger charge is -2.30. The summed E-state index contributed by atoms with van der Waals surface area (Å²) in [6, 6.07) is 16.4. The lowest BCUT2D eigenvalue weighted by atomic mass is 10.0. The second kappa shape index (κ2) is 9.27. The number of carbonyl (C=O) groups excluding carboxylic acids is 2. The van der Waals surface area contributed by atoms with Gasteiger partial charge in [-0.05, 0) is 60.9 Å². The van der Waals surface area contributed by atoms with Crippen molar-refractivity contribution in [1.82, 2.24) is 5.32 Å². The number of hydrogen-bond acceptors (Lipinski definition) is 6. The van der Waals surface area contributed by atoms with Crippen molar-refractivity contribution in [2.24, 2.45) is 0 Å². The van der Waals surface area contributed by atoms with E-state index in [0.717, 1.165) is 18.4 Å². The fourth-order valence-electron chi connectivity index (χ4n) is 3.50. The highest BCUT2D eigenvalue weighted by Crippen LogP contribution is 2.31. The molecule has 0 aliphatic carbocycles. The molecule has 9 heteroatoms. The van der Waals surface area contributed by atoms with Crippen LogP contribution in [0.5, 0.6) is 0 Å². The smallest absolute Gasteiger partial charge is 0.338 e. The summed E-state index contributed by atoms with van der Waals surface area (Å²) in [7, 11) is -3.76. The first-order valence-electron chi connectivity index (χ1n) is 10.1. The van der Waals surface area contributed by atoms with Crippen molar-refractivity contribution in [3.05, 3.63) is 83.8 Å². The van der Waals surface area contributed by atoms with Gasteiger partial charge in [-0.2, -0.15) is 0 Å². The number of fused-ring (bicyclic) bond motifs is 1. The van der Waals surface area contributed by atoms with Crippen molar-refractivity contribution in [2.45, 2.75) is 24.3 Å². The van der Waals surface area contributed by atoms with Crippen molar-refractivity contribution in [2.75, 3.05) is 17.5 Å². The third kappa shape index (κ3) is 4.67. The molecule has 166 valence electrons. The highest BCUT2D eigenvalue weighted by Gasteiger charge is 2.29. The van der Waals surface area contributed by atoms with E-state index in [1.54, 1.807) is 18.2 Å². The number of ether oxygens (including phenoxy) is 1. The Balaban J connectivity index is 1.38. The van der Waals surface area contributed by atoms with E-state index in [9.17, 15) is 18.0 Å². The molecule has 0 spiro atoms. The molecule has 2 heterocycles. The molecule has 32 heavy (non-hydrogen) atoms. The van der Waals surface area contributed by atoms with E-state index >= 15 is 0 Å². The highest BCUT2D eigenvalue weighted by molar-refractivity contribution is 7.92. The van der Waals surface area contributed by atoms with Crippen LogP contribution in [0.25, 0.3) is 0 Å². The molecule has 1 aliphatic heterocycles. The first-order valence-corrected chi connectivity index (χ1v) is 11.6. The first kappa shape index (κ1) is 21.6. The quantitative estimate of drug-likeness (QED) is 0.551. The Kier molecular flexibility index (Phi) is 6.27. The van der Waals surface area contributed by atoms with Gasteiger partial charge in [0.15, 0.2) is 6.61 Å². The van der Waals surface area contributed by atoms with Crippen LogP contribution in [0.2, 0.25) is 0 Å². The standard InChI is InChI=1S/C23H22N2O6S/c26-22(24-15-19-7-4-14-30-19)16-31-23(27)18-9-11-20(12-10-18)32(28,29)25-13-3-6-17-5-1-2-8-21(17)25/h1-2,4-5,7-12,14H,3,6,13,15-16H2,(H,24,26). The van der Waals surface area contributed by atoms with Gasteiger partial charge >= 0.3 is 5.97 Å². The number of sulfonamides is 1. The number of nitrogens with one attached hydrogen (secondary N) is 1. The van der Waals surface area contributed by atoms with Gasteiger partial charge in [-0.3, -0.25) is 9.10 Å². The van der Waals surface area contributed by atoms with E-state index in [1.165, 1.54) is 34.8 Å². The monoisotopic (exact) mass is 454 g/mol. The molecule has 0 saturated carbocycles. The van der Waals surface area contributed by atoms with Gasteiger partial charge in [0.2, 0.25) is 0 Å². The van der Waals surface area contributed by atoms with Crippen LogP contribution in [0.4, 0.5) is 5.69 Å². The zero-order chi connectivity index (χ0) is 22.6. The minimum absolute atomic E-state index is 0.0851. The summed E-state index contributed by atoms with van der Waals surface area (Å²) >= 11 is 0. The number of esters is 1. The van der Waals surface area contributed by atoms with E-state index in [2.05, 4.69) is 5.32 Å². The Morgan fingerprint density at radius 3 is 2.56 bits per heavy atom. The third-order valence-corrected chi connectivity index (χ3v) is 6.95. The topological polar surface area (TPSA) is 106 Å². The van der Waals surface area contributed by atoms with E-state index in [-0.39, 0.29) is 17.0 Å². The van der Waals surface area contributed by atoms with Gasteiger partial charge in [0, 0.05) is 6.54 Å². The van der Waals surface area contributed by atoms with Gasteiger partial charge in [0.25, 0.3) is 15.9 Å². The molecule has 8 nitrogen and oxygen atoms in total. The van der Waals surface area contributed by atoms with Crippen LogP contribution in [0.3, 0.4) is 0 Å². The second-order valence-electron chi connectivity index (χ2n) is 7.27. The molecule has 0 bridgehead atoms. The fourth-order valence-corrected chi connectivity index (χ4v) is 5.04. The molecule has 1 aromatic heterocycles. The first-order chi connectivity index (χ1) is 15.4. The molecule has 3 aromatic rings. The molecule has 0 saturated heterocycles. The maximum absolute atomic E-state index is 13.2. The van der Waals surface area contributed by atoms with E-state index in [0.29, 0.717) is 18.0 Å². The maximum Gasteiger partial charge on any atom is 0.338 e. The van der Waals surface area contributed by atoms with Gasteiger partial charge < -0.3 is 14.5 Å². The molecular weight excluding hydrogens is 432 g/mol. The summed E-state index contributed by atoms with van der Waals surface area (Å²) in [6.07, 6.45) is 3.07. The summed E-state index contributed by atoms with van der Waals surface area (Å²) < 4.78 is 37.8. The van der Waals surface area contributed by atoms with Gasteiger partial charge in [0.1, 0.15) is 5.76 Å². The number of furan rings is 1. The van der Waals surface area contributed by atoms with Crippen LogP contribution >= 0.6 is 0 Å². The predicted molar refractivity (Wildman–Crippen MR) is 117 cm³/mol. The molecule has 2 aromatic carbocycles. The summed E-state index contributed by atoms with van der Waals surface area (Å²) in [4.78, 5) is 24.1. The van der Waals surface area contributed by atoms with Crippen molar-refractivity contribution in [1.29, 1.82) is 0 Å². The maximum atomic E-state index is 13.2. The molecule has 1 amide bonds. The molecule has 1 aliphatic rings. The SMILES string of the molecule is O=C(COC(=O)c1ccc(S(=O)(=O)N2CCCc3ccccc32)cc1)NCc1ccco1. The van der Waals surface area contributed by atoms with Gasteiger partial charge in [-0.1, -0.05) is 18.2 Å². The second-order valence-corrected chi connectivity index (χ2v) is 9.13. The number of anilines is 1. The number of para-hydroxylation sites is 1. The lowest BCUT2D eigenvalue weighted by molar-refractivity contribution is -0.124. The molecule has 0 unspecified atom stereocenters. The Hall–Kier alpha value is -3.59. The number of benzene rings is 2. The number of nitrogens with zero attached hydrogens (tertiary/aromatic N) is 1. The third-order valence-electron chi connectivity index (χ3n) is 5.12. The predicted octanol–water partition coefficient (Wildman–Crippen LogP) is 2.89. The van der Waals surface area contributed by atoms with Crippen LogP contribution in [-0.4, -0.2) is 33.4 Å². The minimum atomic E-state index is -3.76. The van der Waals surface area contributed by atoms with Crippen molar-refractivity contribution in [3.8, 4) is 0 Å². The number of rotatable bonds is 7. The van der Waals surface area contributed by atoms with Gasteiger partial charge in [0.05, 0.1) is 29.0 Å². The minimum Gasteiger partial charge on any atom is -0.467 e. The molecule has 0 atom stereocenters. The molecule has 0 fully saturated rings. The molecular formula is C23H22N2O6S.